The second-order valence-corrected chi connectivity index (χ2v) is 24.3. The molecular weight excluding hydrogens is 549 g/mol. The fourth-order valence-electron chi connectivity index (χ4n) is 4.06. The lowest BCUT2D eigenvalue weighted by Gasteiger charge is -2.46. The first kappa shape index (κ1) is 29.1. The third kappa shape index (κ3) is 8.51. The Morgan fingerprint density at radius 1 is 0.771 bits per heavy atom. The molecule has 0 saturated carbocycles. The molecule has 12 heteroatoms. The summed E-state index contributed by atoms with van der Waals surface area (Å²) in [6.45, 7) is 9.96. The van der Waals surface area contributed by atoms with Crippen molar-refractivity contribution in [3.8, 4) is 0 Å². The van der Waals surface area contributed by atoms with E-state index in [0.29, 0.717) is 6.04 Å². The predicted molar refractivity (Wildman–Crippen MR) is 155 cm³/mol. The number of benzene rings is 2. The summed E-state index contributed by atoms with van der Waals surface area (Å²) >= 11 is 7.25. The summed E-state index contributed by atoms with van der Waals surface area (Å²) in [5.41, 5.74) is 3.52. The molecule has 1 fully saturated rings. The molecule has 0 spiro atoms. The molecule has 2 aromatic rings. The number of aryl methyl sites for hydroxylation is 1. The normalized spacial score (nSPS) is 26.0. The Morgan fingerprint density at radius 3 is 1.97 bits per heavy atom. The summed E-state index contributed by atoms with van der Waals surface area (Å²) in [6, 6.07) is 19.4. The Hall–Kier alpha value is -0.492. The fourth-order valence-corrected chi connectivity index (χ4v) is 23.8. The maximum Gasteiger partial charge on any atom is 0.484 e. The van der Waals surface area contributed by atoms with E-state index in [1.165, 1.54) is 11.1 Å². The molecule has 0 N–H and O–H groups in total. The highest BCUT2D eigenvalue weighted by atomic mass is 32.2. The Labute approximate surface area is 223 Å². The van der Waals surface area contributed by atoms with Crippen molar-refractivity contribution in [2.75, 3.05) is 14.2 Å². The van der Waals surface area contributed by atoms with Crippen molar-refractivity contribution in [3.63, 3.8) is 0 Å². The van der Waals surface area contributed by atoms with E-state index >= 15 is 0 Å². The Morgan fingerprint density at radius 2 is 1.37 bits per heavy atom. The van der Waals surface area contributed by atoms with Gasteiger partial charge in [0.2, 0.25) is 0 Å². The first-order valence-corrected chi connectivity index (χ1v) is 22.8. The quantitative estimate of drug-likeness (QED) is 0.272. The first-order valence-electron chi connectivity index (χ1n) is 11.6. The summed E-state index contributed by atoms with van der Waals surface area (Å²) in [4.78, 5) is 0. The summed E-state index contributed by atoms with van der Waals surface area (Å²) < 4.78 is 38.6. The van der Waals surface area contributed by atoms with Crippen LogP contribution in [0.4, 0.5) is 0 Å². The van der Waals surface area contributed by atoms with Gasteiger partial charge in [-0.05, 0) is 49.3 Å². The predicted octanol–water partition coefficient (Wildman–Crippen LogP) is 6.12. The monoisotopic (exact) mass is 584 g/mol. The van der Waals surface area contributed by atoms with E-state index in [9.17, 15) is 0 Å². The van der Waals surface area contributed by atoms with E-state index < -0.39 is 34.7 Å². The van der Waals surface area contributed by atoms with E-state index in [1.54, 1.807) is 26.0 Å². The first-order chi connectivity index (χ1) is 16.4. The Kier molecular flexibility index (Phi) is 9.90. The zero-order valence-corrected chi connectivity index (χ0v) is 27.2. The molecule has 0 radical (unpaired) electrons. The van der Waals surface area contributed by atoms with Crippen LogP contribution >= 0.6 is 24.0 Å². The van der Waals surface area contributed by atoms with Crippen LogP contribution in [0.1, 0.15) is 16.7 Å². The summed E-state index contributed by atoms with van der Waals surface area (Å²) in [6.07, 6.45) is 0.759. The smallest absolute Gasteiger partial charge is 0.416 e. The van der Waals surface area contributed by atoms with Crippen molar-refractivity contribution >= 4 is 62.9 Å². The van der Waals surface area contributed by atoms with Crippen molar-refractivity contribution in [2.24, 2.45) is 0 Å². The fraction of sp³-hybridized carbons (Fsp3) is 0.435. The standard InChI is InChI=1S/C23H36O6S2Si4/c1-24-34(7)27-32(3,4)26-33(5,6)28-35(25-2,29-34)18-17-20-13-15-21(16-14-20)19-31-23(30)22-11-9-8-10-12-22/h8-16H,17-19H2,1-7H3. The molecule has 6 nitrogen and oxygen atoms in total. The van der Waals surface area contributed by atoms with Crippen LogP contribution in [-0.2, 0) is 37.5 Å². The molecule has 1 saturated heterocycles. The van der Waals surface area contributed by atoms with Crippen LogP contribution in [-0.4, -0.2) is 53.1 Å². The Bertz CT molecular complexity index is 995. The lowest BCUT2D eigenvalue weighted by atomic mass is 10.1. The van der Waals surface area contributed by atoms with Crippen molar-refractivity contribution in [3.05, 3.63) is 71.3 Å². The van der Waals surface area contributed by atoms with Gasteiger partial charge in [-0.1, -0.05) is 66.8 Å². The second-order valence-electron chi connectivity index (χ2n) is 9.42. The van der Waals surface area contributed by atoms with E-state index in [0.717, 1.165) is 21.9 Å². The topological polar surface area (TPSA) is 55.4 Å². The number of hydrogen-bond acceptors (Lipinski definition) is 8. The van der Waals surface area contributed by atoms with Crippen molar-refractivity contribution in [2.45, 2.75) is 51.0 Å². The van der Waals surface area contributed by atoms with Crippen LogP contribution in [0.15, 0.2) is 54.6 Å². The van der Waals surface area contributed by atoms with Gasteiger partial charge in [-0.3, -0.25) is 0 Å². The number of thioether (sulfide) groups is 1. The molecule has 0 bridgehead atoms. The van der Waals surface area contributed by atoms with Gasteiger partial charge in [0.15, 0.2) is 0 Å². The number of hydrogen-bond donors (Lipinski definition) is 0. The van der Waals surface area contributed by atoms with Crippen LogP contribution in [0, 0.1) is 0 Å². The zero-order valence-electron chi connectivity index (χ0n) is 21.6. The largest absolute Gasteiger partial charge is 0.484 e. The van der Waals surface area contributed by atoms with Gasteiger partial charge >= 0.3 is 34.7 Å². The molecule has 3 rings (SSSR count). The maximum atomic E-state index is 6.60. The minimum absolute atomic E-state index is 0.618. The third-order valence-electron chi connectivity index (χ3n) is 5.47. The molecule has 2 atom stereocenters. The number of rotatable bonds is 8. The van der Waals surface area contributed by atoms with Gasteiger partial charge in [0, 0.05) is 32.6 Å². The van der Waals surface area contributed by atoms with Crippen molar-refractivity contribution in [1.29, 1.82) is 0 Å². The highest BCUT2D eigenvalue weighted by molar-refractivity contribution is 8.23. The van der Waals surface area contributed by atoms with Crippen LogP contribution in [0.3, 0.4) is 0 Å². The van der Waals surface area contributed by atoms with Crippen LogP contribution < -0.4 is 0 Å². The molecular formula is C23H36O6S2Si4. The number of thiocarbonyl (C=S) groups is 1. The zero-order chi connectivity index (χ0) is 25.7. The van der Waals surface area contributed by atoms with Crippen molar-refractivity contribution in [1.82, 2.24) is 0 Å². The highest BCUT2D eigenvalue weighted by Crippen LogP contribution is 2.34. The van der Waals surface area contributed by atoms with E-state index in [-0.39, 0.29) is 0 Å². The summed E-state index contributed by atoms with van der Waals surface area (Å²) in [5.74, 6) is 0.836. The van der Waals surface area contributed by atoms with E-state index in [2.05, 4.69) is 24.3 Å². The lowest BCUT2D eigenvalue weighted by Crippen LogP contribution is -2.68. The molecule has 0 aromatic heterocycles. The highest BCUT2D eigenvalue weighted by Gasteiger charge is 2.58. The molecule has 0 aliphatic carbocycles. The van der Waals surface area contributed by atoms with E-state index in [1.807, 2.05) is 63.1 Å². The minimum Gasteiger partial charge on any atom is -0.416 e. The molecule has 1 heterocycles. The molecule has 2 unspecified atom stereocenters. The molecule has 0 amide bonds. The van der Waals surface area contributed by atoms with Crippen LogP contribution in [0.5, 0.6) is 0 Å². The summed E-state index contributed by atoms with van der Waals surface area (Å²) in [5, 5.41) is 0. The van der Waals surface area contributed by atoms with Crippen LogP contribution in [0.2, 0.25) is 38.8 Å². The minimum atomic E-state index is -3.11. The lowest BCUT2D eigenvalue weighted by molar-refractivity contribution is 0.100. The average Bonchev–Trinajstić information content (AvgIpc) is 2.80. The third-order valence-corrected chi connectivity index (χ3v) is 22.6. The molecule has 2 aromatic carbocycles. The molecule has 35 heavy (non-hydrogen) atoms. The van der Waals surface area contributed by atoms with Gasteiger partial charge in [-0.15, -0.1) is 11.8 Å². The Balaban J connectivity index is 1.66. The summed E-state index contributed by atoms with van der Waals surface area (Å²) in [7, 11) is -7.83. The molecule has 1 aliphatic rings. The van der Waals surface area contributed by atoms with Gasteiger partial charge in [0.25, 0.3) is 0 Å². The second kappa shape index (κ2) is 11.9. The van der Waals surface area contributed by atoms with E-state index in [4.69, 9.17) is 37.5 Å². The van der Waals surface area contributed by atoms with Crippen LogP contribution in [0.25, 0.3) is 0 Å². The van der Waals surface area contributed by atoms with Gasteiger partial charge in [0.1, 0.15) is 0 Å². The SMILES string of the molecule is CO[Si]1(C)O[Si](C)(C)O[Si](C)(C)O[Si](CCc2ccc(CSC(=S)c3ccccc3)cc2)(OC)O1. The average molecular weight is 585 g/mol. The van der Waals surface area contributed by atoms with Gasteiger partial charge < -0.3 is 25.3 Å². The molecule has 1 aliphatic heterocycles. The van der Waals surface area contributed by atoms with Gasteiger partial charge in [-0.25, -0.2) is 0 Å². The van der Waals surface area contributed by atoms with Gasteiger partial charge in [0.05, 0.1) is 4.20 Å². The molecule has 192 valence electrons. The van der Waals surface area contributed by atoms with Gasteiger partial charge in [-0.2, -0.15) is 0 Å². The van der Waals surface area contributed by atoms with Crippen molar-refractivity contribution < 1.29 is 25.3 Å². The maximum absolute atomic E-state index is 6.60.